The Morgan fingerprint density at radius 3 is 2.74 bits per heavy atom. The van der Waals surface area contributed by atoms with Gasteiger partial charge in [-0.05, 0) is 18.1 Å². The van der Waals surface area contributed by atoms with Crippen molar-refractivity contribution >= 4 is 11.9 Å². The monoisotopic (exact) mass is 261 g/mol. The minimum atomic E-state index is -0.877. The zero-order chi connectivity index (χ0) is 14.3. The Kier molecular flexibility index (Phi) is 5.48. The van der Waals surface area contributed by atoms with E-state index in [0.717, 1.165) is 0 Å². The normalized spacial score (nSPS) is 11.4. The van der Waals surface area contributed by atoms with Crippen molar-refractivity contribution < 1.29 is 14.7 Å². The van der Waals surface area contributed by atoms with Gasteiger partial charge in [0.05, 0.1) is 5.56 Å². The number of aliphatic carboxylic acids is 1. The molecule has 1 rings (SSSR count). The van der Waals surface area contributed by atoms with Gasteiger partial charge < -0.3 is 10.4 Å². The average Bonchev–Trinajstić information content (AvgIpc) is 2.42. The maximum Gasteiger partial charge on any atom is 0.303 e. The summed E-state index contributed by atoms with van der Waals surface area (Å²) in [6.07, 6.45) is 2.02. The van der Waals surface area contributed by atoms with Gasteiger partial charge in [-0.2, -0.15) is 5.26 Å². The molecule has 0 saturated carbocycles. The molecule has 1 aromatic rings. The van der Waals surface area contributed by atoms with Crippen molar-refractivity contribution in [3.05, 3.63) is 29.6 Å². The number of carboxylic acids is 1. The summed E-state index contributed by atoms with van der Waals surface area (Å²) in [4.78, 5) is 26.2. The van der Waals surface area contributed by atoms with Crippen LogP contribution in [0.25, 0.3) is 0 Å². The molecule has 0 radical (unpaired) electrons. The molecule has 1 amide bonds. The number of amides is 1. The standard InChI is InChI=1S/C13H15N3O3/c1-2-9(5-12(17)18)7-16-13(19)11-4-3-10(6-14)8-15-11/h3-4,8-9H,2,5,7H2,1H3,(H,16,19)(H,17,18). The van der Waals surface area contributed by atoms with Crippen molar-refractivity contribution in [1.29, 1.82) is 5.26 Å². The number of rotatable bonds is 6. The number of nitriles is 1. The van der Waals surface area contributed by atoms with Crippen LogP contribution in [0.5, 0.6) is 0 Å². The third-order valence-corrected chi connectivity index (χ3v) is 2.72. The Hall–Kier alpha value is -2.42. The van der Waals surface area contributed by atoms with Gasteiger partial charge in [-0.1, -0.05) is 13.3 Å². The van der Waals surface area contributed by atoms with E-state index in [0.29, 0.717) is 18.5 Å². The van der Waals surface area contributed by atoms with Crippen LogP contribution >= 0.6 is 0 Å². The van der Waals surface area contributed by atoms with Gasteiger partial charge in [-0.25, -0.2) is 4.98 Å². The Morgan fingerprint density at radius 2 is 2.26 bits per heavy atom. The van der Waals surface area contributed by atoms with Gasteiger partial charge in [-0.3, -0.25) is 9.59 Å². The number of nitrogens with zero attached hydrogens (tertiary/aromatic N) is 2. The zero-order valence-electron chi connectivity index (χ0n) is 10.6. The maximum absolute atomic E-state index is 11.7. The number of carbonyl (C=O) groups is 2. The lowest BCUT2D eigenvalue weighted by atomic mass is 10.0. The summed E-state index contributed by atoms with van der Waals surface area (Å²) in [5, 5.41) is 20.0. The number of hydrogen-bond donors (Lipinski definition) is 2. The molecule has 0 aliphatic carbocycles. The minimum Gasteiger partial charge on any atom is -0.481 e. The highest BCUT2D eigenvalue weighted by molar-refractivity contribution is 5.92. The topological polar surface area (TPSA) is 103 Å². The molecule has 0 aliphatic rings. The average molecular weight is 261 g/mol. The van der Waals surface area contributed by atoms with Crippen LogP contribution in [0.4, 0.5) is 0 Å². The molecule has 100 valence electrons. The molecular weight excluding hydrogens is 246 g/mol. The van der Waals surface area contributed by atoms with E-state index in [9.17, 15) is 9.59 Å². The van der Waals surface area contributed by atoms with E-state index in [1.807, 2.05) is 13.0 Å². The second-order valence-corrected chi connectivity index (χ2v) is 4.13. The summed E-state index contributed by atoms with van der Waals surface area (Å²) in [6, 6.07) is 4.89. The van der Waals surface area contributed by atoms with Crippen molar-refractivity contribution in [3.63, 3.8) is 0 Å². The number of aromatic nitrogens is 1. The van der Waals surface area contributed by atoms with Crippen molar-refractivity contribution in [3.8, 4) is 6.07 Å². The van der Waals surface area contributed by atoms with Gasteiger partial charge in [0.1, 0.15) is 11.8 Å². The highest BCUT2D eigenvalue weighted by atomic mass is 16.4. The fourth-order valence-corrected chi connectivity index (χ4v) is 1.53. The first kappa shape index (κ1) is 14.6. The number of carbonyl (C=O) groups excluding carboxylic acids is 1. The first-order valence-corrected chi connectivity index (χ1v) is 5.93. The first-order chi connectivity index (χ1) is 9.06. The van der Waals surface area contributed by atoms with E-state index in [1.54, 1.807) is 0 Å². The molecule has 2 N–H and O–H groups in total. The molecule has 0 aromatic carbocycles. The predicted molar refractivity (Wildman–Crippen MR) is 67.3 cm³/mol. The molecule has 0 bridgehead atoms. The van der Waals surface area contributed by atoms with Gasteiger partial charge in [0.15, 0.2) is 0 Å². The van der Waals surface area contributed by atoms with Crippen LogP contribution < -0.4 is 5.32 Å². The van der Waals surface area contributed by atoms with Crippen molar-refractivity contribution in [2.75, 3.05) is 6.54 Å². The van der Waals surface area contributed by atoms with Crippen LogP contribution in [0.1, 0.15) is 35.8 Å². The second-order valence-electron chi connectivity index (χ2n) is 4.13. The summed E-state index contributed by atoms with van der Waals surface area (Å²) in [7, 11) is 0. The molecule has 6 nitrogen and oxygen atoms in total. The highest BCUT2D eigenvalue weighted by Gasteiger charge is 2.13. The van der Waals surface area contributed by atoms with Crippen LogP contribution in [-0.2, 0) is 4.79 Å². The van der Waals surface area contributed by atoms with Crippen LogP contribution in [0.3, 0.4) is 0 Å². The van der Waals surface area contributed by atoms with E-state index in [1.165, 1.54) is 18.3 Å². The van der Waals surface area contributed by atoms with Gasteiger partial charge in [0, 0.05) is 19.2 Å². The van der Waals surface area contributed by atoms with Gasteiger partial charge >= 0.3 is 5.97 Å². The molecule has 6 heteroatoms. The SMILES string of the molecule is CCC(CNC(=O)c1ccc(C#N)cn1)CC(=O)O. The smallest absolute Gasteiger partial charge is 0.303 e. The molecule has 19 heavy (non-hydrogen) atoms. The molecule has 0 spiro atoms. The molecule has 1 unspecified atom stereocenters. The lowest BCUT2D eigenvalue weighted by Crippen LogP contribution is -2.30. The van der Waals surface area contributed by atoms with E-state index in [2.05, 4.69) is 10.3 Å². The quantitative estimate of drug-likeness (QED) is 0.800. The fraction of sp³-hybridized carbons (Fsp3) is 0.385. The molecule has 1 heterocycles. The predicted octanol–water partition coefficient (Wildman–Crippen LogP) is 1.18. The molecule has 0 saturated heterocycles. The van der Waals surface area contributed by atoms with Gasteiger partial charge in [-0.15, -0.1) is 0 Å². The van der Waals surface area contributed by atoms with Crippen LogP contribution in [0, 0.1) is 17.2 Å². The largest absolute Gasteiger partial charge is 0.481 e. The van der Waals surface area contributed by atoms with Crippen LogP contribution in [-0.4, -0.2) is 28.5 Å². The molecule has 0 aliphatic heterocycles. The van der Waals surface area contributed by atoms with Crippen molar-refractivity contribution in [1.82, 2.24) is 10.3 Å². The van der Waals surface area contributed by atoms with Crippen LogP contribution in [0.2, 0.25) is 0 Å². The summed E-state index contributed by atoms with van der Waals surface area (Å²) >= 11 is 0. The number of pyridine rings is 1. The summed E-state index contributed by atoms with van der Waals surface area (Å²) in [6.45, 7) is 2.17. The van der Waals surface area contributed by atoms with E-state index in [4.69, 9.17) is 10.4 Å². The Labute approximate surface area is 111 Å². The summed E-state index contributed by atoms with van der Waals surface area (Å²) in [5.41, 5.74) is 0.595. The maximum atomic E-state index is 11.7. The lowest BCUT2D eigenvalue weighted by molar-refractivity contribution is -0.138. The molecular formula is C13H15N3O3. The Morgan fingerprint density at radius 1 is 1.53 bits per heavy atom. The number of nitrogens with one attached hydrogen (secondary N) is 1. The summed E-state index contributed by atoms with van der Waals surface area (Å²) in [5.74, 6) is -1.34. The van der Waals surface area contributed by atoms with E-state index >= 15 is 0 Å². The fourth-order valence-electron chi connectivity index (χ4n) is 1.53. The number of carboxylic acid groups (broad SMARTS) is 1. The molecule has 0 fully saturated rings. The molecule has 1 aromatic heterocycles. The van der Waals surface area contributed by atoms with E-state index < -0.39 is 5.97 Å². The second kappa shape index (κ2) is 7.11. The third kappa shape index (κ3) is 4.76. The summed E-state index contributed by atoms with van der Waals surface area (Å²) < 4.78 is 0. The van der Waals surface area contributed by atoms with E-state index in [-0.39, 0.29) is 23.9 Å². The first-order valence-electron chi connectivity index (χ1n) is 5.93. The van der Waals surface area contributed by atoms with Gasteiger partial charge in [0.25, 0.3) is 5.91 Å². The van der Waals surface area contributed by atoms with Crippen molar-refractivity contribution in [2.45, 2.75) is 19.8 Å². The zero-order valence-corrected chi connectivity index (χ0v) is 10.6. The lowest BCUT2D eigenvalue weighted by Gasteiger charge is -2.13. The Balaban J connectivity index is 2.54. The molecule has 1 atom stereocenters. The minimum absolute atomic E-state index is 0.0254. The van der Waals surface area contributed by atoms with Gasteiger partial charge in [0.2, 0.25) is 0 Å². The third-order valence-electron chi connectivity index (χ3n) is 2.72. The Bertz CT molecular complexity index is 491. The van der Waals surface area contributed by atoms with Crippen LogP contribution in [0.15, 0.2) is 18.3 Å². The van der Waals surface area contributed by atoms with Crippen molar-refractivity contribution in [2.24, 2.45) is 5.92 Å². The number of hydrogen-bond acceptors (Lipinski definition) is 4. The highest BCUT2D eigenvalue weighted by Crippen LogP contribution is 2.07.